The third-order valence-electron chi connectivity index (χ3n) is 7.83. The largest absolute Gasteiger partial charge is 0.439 e. The number of ether oxygens (including phenoxy) is 4. The van der Waals surface area contributed by atoms with Crippen molar-refractivity contribution < 1.29 is 18.9 Å². The van der Waals surface area contributed by atoms with Gasteiger partial charge in [-0.1, -0.05) is 0 Å². The van der Waals surface area contributed by atoms with Crippen molar-refractivity contribution >= 4 is 11.5 Å². The molecule has 210 valence electrons. The monoisotopic (exact) mass is 543 g/mol. The molecule has 9 nitrogen and oxygen atoms in total. The number of rotatable bonds is 9. The van der Waals surface area contributed by atoms with Crippen LogP contribution in [0.4, 0.5) is 11.5 Å². The molecule has 0 amide bonds. The number of nitrogens with one attached hydrogen (secondary N) is 1. The summed E-state index contributed by atoms with van der Waals surface area (Å²) in [5.41, 5.74) is 2.59. The number of hydrogen-bond acceptors (Lipinski definition) is 8. The first-order chi connectivity index (χ1) is 19.5. The Bertz CT molecular complexity index is 1360. The molecule has 2 saturated heterocycles. The number of aromatic nitrogens is 3. The van der Waals surface area contributed by atoms with Crippen LogP contribution in [0.1, 0.15) is 87.6 Å². The number of benzene rings is 1. The predicted molar refractivity (Wildman–Crippen MR) is 150 cm³/mol. The second-order valence-electron chi connectivity index (χ2n) is 11.4. The van der Waals surface area contributed by atoms with Crippen molar-refractivity contribution in [3.05, 3.63) is 59.4 Å². The molecule has 0 spiro atoms. The van der Waals surface area contributed by atoms with Crippen LogP contribution in [0.25, 0.3) is 0 Å². The lowest BCUT2D eigenvalue weighted by Gasteiger charge is -2.33. The van der Waals surface area contributed by atoms with Gasteiger partial charge in [-0.05, 0) is 83.1 Å². The van der Waals surface area contributed by atoms with Crippen molar-refractivity contribution in [2.75, 3.05) is 25.1 Å². The minimum absolute atomic E-state index is 0.266. The molecule has 0 radical (unpaired) electrons. The van der Waals surface area contributed by atoms with Gasteiger partial charge in [0.2, 0.25) is 5.88 Å². The molecule has 1 N–H and O–H groups in total. The topological polar surface area (TPSA) is 103 Å². The highest BCUT2D eigenvalue weighted by Crippen LogP contribution is 2.42. The Balaban J connectivity index is 1.20. The summed E-state index contributed by atoms with van der Waals surface area (Å²) in [6.45, 7) is 6.15. The quantitative estimate of drug-likeness (QED) is 0.318. The van der Waals surface area contributed by atoms with Crippen LogP contribution < -0.4 is 10.1 Å². The van der Waals surface area contributed by atoms with Gasteiger partial charge in [-0.25, -0.2) is 9.67 Å². The molecule has 1 saturated carbocycles. The molecule has 40 heavy (non-hydrogen) atoms. The van der Waals surface area contributed by atoms with Gasteiger partial charge in [0, 0.05) is 55.3 Å². The van der Waals surface area contributed by atoms with E-state index >= 15 is 0 Å². The normalized spacial score (nSPS) is 20.2. The lowest BCUT2D eigenvalue weighted by molar-refractivity contribution is -0.219. The first-order valence-corrected chi connectivity index (χ1v) is 14.4. The van der Waals surface area contributed by atoms with Crippen molar-refractivity contribution in [1.29, 1.82) is 5.26 Å². The third kappa shape index (κ3) is 6.15. The van der Waals surface area contributed by atoms with E-state index in [9.17, 15) is 5.26 Å². The van der Waals surface area contributed by atoms with Gasteiger partial charge in [-0.15, -0.1) is 0 Å². The number of pyridine rings is 1. The summed E-state index contributed by atoms with van der Waals surface area (Å²) < 4.78 is 26.2. The summed E-state index contributed by atoms with van der Waals surface area (Å²) in [5, 5.41) is 18.1. The fraction of sp³-hybridized carbons (Fsp3) is 0.516. The highest BCUT2D eigenvalue weighted by molar-refractivity contribution is 5.61. The molecule has 1 aliphatic carbocycles. The van der Waals surface area contributed by atoms with Gasteiger partial charge in [0.15, 0.2) is 6.29 Å². The predicted octanol–water partition coefficient (Wildman–Crippen LogP) is 6.69. The van der Waals surface area contributed by atoms with E-state index < -0.39 is 5.60 Å². The average Bonchev–Trinajstić information content (AvgIpc) is 3.74. The molecule has 1 atom stereocenters. The van der Waals surface area contributed by atoms with Crippen LogP contribution in [0, 0.1) is 11.3 Å². The van der Waals surface area contributed by atoms with Gasteiger partial charge in [0.05, 0.1) is 29.0 Å². The number of nitrogens with zero attached hydrogens (tertiary/aromatic N) is 4. The van der Waals surface area contributed by atoms with Crippen molar-refractivity contribution in [3.8, 4) is 17.7 Å². The molecule has 3 aromatic rings. The smallest absolute Gasteiger partial charge is 0.218 e. The Hall–Kier alpha value is -3.45. The average molecular weight is 544 g/mol. The Morgan fingerprint density at radius 1 is 1.02 bits per heavy atom. The van der Waals surface area contributed by atoms with Crippen LogP contribution in [0.3, 0.4) is 0 Å². The lowest BCUT2D eigenvalue weighted by Crippen LogP contribution is -2.33. The number of hydrogen-bond donors (Lipinski definition) is 1. The SMILES string of the molecule is CC(C)(OC1CCCCO1)c1cc(Nc2cc(Oc3cc(C4CC4)nn3C3CCOCC3)ccn2)ccc1C#N. The second kappa shape index (κ2) is 11.6. The van der Waals surface area contributed by atoms with Crippen LogP contribution in [0.15, 0.2) is 42.6 Å². The summed E-state index contributed by atoms with van der Waals surface area (Å²) in [5.74, 6) is 2.62. The van der Waals surface area contributed by atoms with Gasteiger partial charge < -0.3 is 24.3 Å². The van der Waals surface area contributed by atoms with E-state index in [0.717, 1.165) is 68.1 Å². The summed E-state index contributed by atoms with van der Waals surface area (Å²) in [7, 11) is 0. The summed E-state index contributed by atoms with van der Waals surface area (Å²) in [6.07, 6.45) is 8.69. The highest BCUT2D eigenvalue weighted by Gasteiger charge is 2.31. The Morgan fingerprint density at radius 3 is 2.62 bits per heavy atom. The molecule has 2 aromatic heterocycles. The molecule has 1 aromatic carbocycles. The van der Waals surface area contributed by atoms with E-state index in [1.54, 1.807) is 6.20 Å². The Kier molecular flexibility index (Phi) is 7.74. The van der Waals surface area contributed by atoms with Gasteiger partial charge >= 0.3 is 0 Å². The number of anilines is 2. The maximum Gasteiger partial charge on any atom is 0.218 e. The van der Waals surface area contributed by atoms with Crippen molar-refractivity contribution in [1.82, 2.24) is 14.8 Å². The molecule has 6 rings (SSSR count). The molecular formula is C31H37N5O4. The van der Waals surface area contributed by atoms with Crippen LogP contribution in [-0.4, -0.2) is 40.9 Å². The van der Waals surface area contributed by atoms with Crippen molar-refractivity contribution in [2.45, 2.75) is 82.6 Å². The second-order valence-corrected chi connectivity index (χ2v) is 11.4. The standard InChI is InChI=1S/C31H37N5O4/c1-31(2,40-30-5-3-4-14-38-30)26-17-23(9-8-22(26)20-32)34-28-18-25(10-13-33-28)39-29-19-27(21-6-7-21)35-36(29)24-11-15-37-16-12-24/h8-10,13,17-19,21,24,30H,3-7,11-12,14-16H2,1-2H3,(H,33,34). The van der Waals surface area contributed by atoms with Crippen LogP contribution in [-0.2, 0) is 19.8 Å². The molecular weight excluding hydrogens is 506 g/mol. The maximum absolute atomic E-state index is 9.80. The van der Waals surface area contributed by atoms with Crippen molar-refractivity contribution in [2.24, 2.45) is 0 Å². The van der Waals surface area contributed by atoms with Gasteiger partial charge in [-0.2, -0.15) is 10.4 Å². The van der Waals surface area contributed by atoms with Gasteiger partial charge in [-0.3, -0.25) is 0 Å². The first kappa shape index (κ1) is 26.8. The zero-order valence-electron chi connectivity index (χ0n) is 23.3. The van der Waals surface area contributed by atoms with E-state index in [2.05, 4.69) is 27.1 Å². The van der Waals surface area contributed by atoms with E-state index in [0.29, 0.717) is 29.7 Å². The lowest BCUT2D eigenvalue weighted by atomic mass is 9.92. The van der Waals surface area contributed by atoms with Crippen molar-refractivity contribution in [3.63, 3.8) is 0 Å². The van der Waals surface area contributed by atoms with Crippen LogP contribution in [0.5, 0.6) is 11.6 Å². The summed E-state index contributed by atoms with van der Waals surface area (Å²) in [4.78, 5) is 4.51. The van der Waals surface area contributed by atoms with E-state index in [1.807, 2.05) is 44.2 Å². The fourth-order valence-electron chi connectivity index (χ4n) is 5.47. The van der Waals surface area contributed by atoms with Gasteiger partial charge in [0.25, 0.3) is 0 Å². The molecule has 4 heterocycles. The molecule has 9 heteroatoms. The van der Waals surface area contributed by atoms with E-state index in [1.165, 1.54) is 12.8 Å². The Morgan fingerprint density at radius 2 is 1.88 bits per heavy atom. The number of nitriles is 1. The van der Waals surface area contributed by atoms with E-state index in [4.69, 9.17) is 24.0 Å². The minimum Gasteiger partial charge on any atom is -0.439 e. The zero-order chi connectivity index (χ0) is 27.5. The summed E-state index contributed by atoms with van der Waals surface area (Å²) in [6, 6.07) is 14.1. The zero-order valence-corrected chi connectivity index (χ0v) is 23.3. The molecule has 0 bridgehead atoms. The highest BCUT2D eigenvalue weighted by atomic mass is 16.7. The fourth-order valence-corrected chi connectivity index (χ4v) is 5.47. The molecule has 3 fully saturated rings. The minimum atomic E-state index is -0.703. The third-order valence-corrected chi connectivity index (χ3v) is 7.83. The first-order valence-electron chi connectivity index (χ1n) is 14.4. The Labute approximate surface area is 235 Å². The van der Waals surface area contributed by atoms with E-state index in [-0.39, 0.29) is 12.3 Å². The van der Waals surface area contributed by atoms with Crippen LogP contribution >= 0.6 is 0 Å². The molecule has 1 unspecified atom stereocenters. The van der Waals surface area contributed by atoms with Gasteiger partial charge in [0.1, 0.15) is 11.6 Å². The molecule has 2 aliphatic heterocycles. The summed E-state index contributed by atoms with van der Waals surface area (Å²) >= 11 is 0. The van der Waals surface area contributed by atoms with Crippen LogP contribution in [0.2, 0.25) is 0 Å². The molecule has 3 aliphatic rings. The maximum atomic E-state index is 9.80.